The van der Waals surface area contributed by atoms with Crippen LogP contribution in [0.15, 0.2) is 132 Å². The molecule has 1 fully saturated rings. The van der Waals surface area contributed by atoms with E-state index in [-0.39, 0.29) is 29.2 Å². The summed E-state index contributed by atoms with van der Waals surface area (Å²) in [4.78, 5) is 57.0. The number of aliphatic hydroxyl groups is 1. The van der Waals surface area contributed by atoms with Gasteiger partial charge in [0.05, 0.1) is 17.3 Å². The van der Waals surface area contributed by atoms with Crippen LogP contribution in [-0.4, -0.2) is 90.4 Å². The van der Waals surface area contributed by atoms with Gasteiger partial charge in [-0.05, 0) is 96.9 Å². The maximum Gasteiger partial charge on any atom is 0.411 e. The van der Waals surface area contributed by atoms with E-state index in [1.54, 1.807) is 48.3 Å². The van der Waals surface area contributed by atoms with Crippen LogP contribution in [0.2, 0.25) is 0 Å². The number of pyridine rings is 1. The maximum absolute atomic E-state index is 13.1. The lowest BCUT2D eigenvalue weighted by atomic mass is 10.0. The summed E-state index contributed by atoms with van der Waals surface area (Å²) in [5.74, 6) is -0.253. The average Bonchev–Trinajstić information content (AvgIpc) is 3.31. The Morgan fingerprint density at radius 2 is 1.51 bits per heavy atom. The summed E-state index contributed by atoms with van der Waals surface area (Å²) in [5, 5.41) is 30.7. The smallest absolute Gasteiger partial charge is 0.411 e. The number of fused-ring (bicyclic) bond motifs is 1. The van der Waals surface area contributed by atoms with Crippen LogP contribution in [0, 0.1) is 0 Å². The van der Waals surface area contributed by atoms with Crippen LogP contribution < -0.4 is 26.4 Å². The van der Waals surface area contributed by atoms with Gasteiger partial charge in [-0.2, -0.15) is 0 Å². The van der Waals surface area contributed by atoms with Crippen molar-refractivity contribution in [2.45, 2.75) is 44.3 Å². The zero-order chi connectivity index (χ0) is 44.1. The molecule has 7 rings (SSSR count). The highest BCUT2D eigenvalue weighted by molar-refractivity contribution is 5.96. The summed E-state index contributed by atoms with van der Waals surface area (Å²) in [6.45, 7) is 3.48. The van der Waals surface area contributed by atoms with E-state index in [0.717, 1.165) is 41.8 Å². The molecule has 0 radical (unpaired) electrons. The molecule has 1 aromatic heterocycles. The zero-order valence-corrected chi connectivity index (χ0v) is 35.4. The number of nitrogens with one attached hydrogen (secondary N) is 4. The summed E-state index contributed by atoms with van der Waals surface area (Å²) < 4.78 is 5.77. The first-order valence-corrected chi connectivity index (χ1v) is 21.4. The van der Waals surface area contributed by atoms with E-state index in [1.807, 2.05) is 66.7 Å². The van der Waals surface area contributed by atoms with Crippen molar-refractivity contribution in [3.63, 3.8) is 0 Å². The second-order valence-electron chi connectivity index (χ2n) is 15.8. The molecule has 1 atom stereocenters. The first kappa shape index (κ1) is 44.3. The molecule has 1 saturated heterocycles. The van der Waals surface area contributed by atoms with E-state index >= 15 is 0 Å². The number of benzene rings is 5. The summed E-state index contributed by atoms with van der Waals surface area (Å²) in [6, 6.07) is 38.9. The van der Waals surface area contributed by atoms with Crippen LogP contribution in [0.3, 0.4) is 0 Å². The minimum absolute atomic E-state index is 0.0250. The van der Waals surface area contributed by atoms with E-state index in [4.69, 9.17) is 4.74 Å². The Kier molecular flexibility index (Phi) is 15.0. The maximum atomic E-state index is 13.1. The molecule has 6 N–H and O–H groups in total. The van der Waals surface area contributed by atoms with Gasteiger partial charge in [0.25, 0.3) is 5.91 Å². The molecule has 1 aliphatic heterocycles. The number of H-pyrrole nitrogens is 1. The number of rotatable bonds is 17. The fourth-order valence-electron chi connectivity index (χ4n) is 7.83. The van der Waals surface area contributed by atoms with Crippen LogP contribution in [-0.2, 0) is 22.4 Å². The Morgan fingerprint density at radius 1 is 0.825 bits per heavy atom. The van der Waals surface area contributed by atoms with Gasteiger partial charge >= 0.3 is 6.09 Å². The molecule has 13 nitrogen and oxygen atoms in total. The van der Waals surface area contributed by atoms with Gasteiger partial charge in [0.1, 0.15) is 11.9 Å². The lowest BCUT2D eigenvalue weighted by Gasteiger charge is -2.31. The van der Waals surface area contributed by atoms with Gasteiger partial charge in [-0.1, -0.05) is 78.9 Å². The Hall–Kier alpha value is -6.80. The number of aliphatic hydroxyl groups excluding tert-OH is 1. The molecule has 0 bridgehead atoms. The van der Waals surface area contributed by atoms with E-state index in [2.05, 4.69) is 38.0 Å². The number of likely N-dealkylation sites (tertiary alicyclic amines) is 1. The summed E-state index contributed by atoms with van der Waals surface area (Å²) in [7, 11) is 1.74. The van der Waals surface area contributed by atoms with E-state index in [9.17, 15) is 29.4 Å². The van der Waals surface area contributed by atoms with Crippen LogP contribution in [0.4, 0.5) is 16.2 Å². The Labute approximate surface area is 366 Å². The van der Waals surface area contributed by atoms with Crippen molar-refractivity contribution in [2.75, 3.05) is 56.5 Å². The molecule has 13 heteroatoms. The zero-order valence-electron chi connectivity index (χ0n) is 35.4. The number of carbonyl (C=O) groups is 3. The monoisotopic (exact) mass is 850 g/mol. The molecule has 63 heavy (non-hydrogen) atoms. The van der Waals surface area contributed by atoms with Crippen molar-refractivity contribution in [1.29, 1.82) is 0 Å². The Morgan fingerprint density at radius 3 is 2.24 bits per heavy atom. The minimum Gasteiger partial charge on any atom is -0.506 e. The Bertz CT molecular complexity index is 2540. The number of phenols is 1. The van der Waals surface area contributed by atoms with Gasteiger partial charge in [-0.15, -0.1) is 0 Å². The fraction of sp³-hybridized carbons (Fsp3) is 0.280. The van der Waals surface area contributed by atoms with Gasteiger partial charge in [-0.25, -0.2) is 4.79 Å². The molecule has 3 amide bonds. The number of para-hydroxylation sites is 1. The third-order valence-corrected chi connectivity index (χ3v) is 11.5. The lowest BCUT2D eigenvalue weighted by Crippen LogP contribution is -2.40. The quantitative estimate of drug-likeness (QED) is 0.0539. The third-order valence-electron chi connectivity index (χ3n) is 11.5. The molecule has 0 saturated carbocycles. The first-order chi connectivity index (χ1) is 30.6. The SMILES string of the molecule is CN(C(=O)CCN1CCC(OC(=O)Nc2ccccc2-c2ccccc2)CC1)c1ccc(C(=O)NCCc2ccc(CCNC[C@H](O)c3ccc(O)c4[nH]c(=O)ccc34)cc2)cc1. The van der Waals surface area contributed by atoms with Crippen LogP contribution in [0.5, 0.6) is 5.75 Å². The van der Waals surface area contributed by atoms with Crippen molar-refractivity contribution >= 4 is 40.2 Å². The molecule has 326 valence electrons. The highest BCUT2D eigenvalue weighted by Gasteiger charge is 2.24. The number of aromatic nitrogens is 1. The number of hydrogen-bond acceptors (Lipinski definition) is 9. The number of carbonyl (C=O) groups excluding carboxylic acids is 3. The van der Waals surface area contributed by atoms with Crippen molar-refractivity contribution in [3.05, 3.63) is 160 Å². The fourth-order valence-corrected chi connectivity index (χ4v) is 7.83. The molecular formula is C50H54N6O7. The number of amides is 3. The number of nitrogens with zero attached hydrogens (tertiary/aromatic N) is 2. The van der Waals surface area contributed by atoms with E-state index in [0.29, 0.717) is 85.3 Å². The number of ether oxygens (including phenoxy) is 1. The molecule has 0 aliphatic carbocycles. The van der Waals surface area contributed by atoms with Gasteiger partial charge in [0.2, 0.25) is 11.5 Å². The number of phenolic OH excluding ortho intramolecular Hbond substituents is 1. The highest BCUT2D eigenvalue weighted by Crippen LogP contribution is 2.30. The molecule has 0 unspecified atom stereocenters. The topological polar surface area (TPSA) is 176 Å². The number of piperidine rings is 1. The van der Waals surface area contributed by atoms with Gasteiger partial charge in [0, 0.05) is 74.5 Å². The second-order valence-corrected chi connectivity index (χ2v) is 15.8. The molecule has 5 aromatic carbocycles. The summed E-state index contributed by atoms with van der Waals surface area (Å²) >= 11 is 0. The standard InChI is InChI=1S/C50H54N6O7/c1-55(47(60)27-32-56-30-25-39(26-31-56)63-50(62)53-43-10-6-5-9-40(43)36-7-3-2-4-8-36)38-17-15-37(16-18-38)49(61)52-29-24-35-13-11-34(12-14-35)23-28-51-33-45(58)41-19-21-44(57)48-42(41)20-22-46(59)54-48/h2-22,39,45,51,57-58H,23-33H2,1H3,(H,52,61)(H,53,62)(H,54,59)/t45-/m0/s1. The van der Waals surface area contributed by atoms with E-state index in [1.165, 1.54) is 12.1 Å². The first-order valence-electron chi connectivity index (χ1n) is 21.4. The summed E-state index contributed by atoms with van der Waals surface area (Å²) in [5.41, 5.74) is 6.69. The minimum atomic E-state index is -0.821. The van der Waals surface area contributed by atoms with Crippen LogP contribution in [0.1, 0.15) is 52.4 Å². The number of hydrogen-bond donors (Lipinski definition) is 6. The van der Waals surface area contributed by atoms with Crippen molar-refractivity contribution in [1.82, 2.24) is 20.5 Å². The van der Waals surface area contributed by atoms with Gasteiger partial charge in [-0.3, -0.25) is 19.7 Å². The number of aromatic hydroxyl groups is 1. The molecule has 1 aliphatic rings. The normalized spacial score (nSPS) is 13.6. The summed E-state index contributed by atoms with van der Waals surface area (Å²) in [6.07, 6.45) is 1.66. The number of aromatic amines is 1. The van der Waals surface area contributed by atoms with Gasteiger partial charge < -0.3 is 40.4 Å². The van der Waals surface area contributed by atoms with E-state index < -0.39 is 12.2 Å². The average molecular weight is 851 g/mol. The molecule has 6 aromatic rings. The second kappa shape index (κ2) is 21.3. The van der Waals surface area contributed by atoms with Crippen molar-refractivity contribution < 1.29 is 29.3 Å². The third kappa shape index (κ3) is 12.0. The van der Waals surface area contributed by atoms with Crippen molar-refractivity contribution in [2.24, 2.45) is 0 Å². The van der Waals surface area contributed by atoms with Crippen LogP contribution >= 0.6 is 0 Å². The predicted octanol–water partition coefficient (Wildman–Crippen LogP) is 6.80. The molecular weight excluding hydrogens is 797 g/mol. The molecule has 0 spiro atoms. The Balaban J connectivity index is 0.766. The largest absolute Gasteiger partial charge is 0.506 e. The predicted molar refractivity (Wildman–Crippen MR) is 246 cm³/mol. The van der Waals surface area contributed by atoms with Gasteiger partial charge in [0.15, 0.2) is 0 Å². The molecule has 2 heterocycles. The van der Waals surface area contributed by atoms with Crippen LogP contribution in [0.25, 0.3) is 22.0 Å². The number of anilines is 2. The highest BCUT2D eigenvalue weighted by atomic mass is 16.6. The lowest BCUT2D eigenvalue weighted by molar-refractivity contribution is -0.118. The van der Waals surface area contributed by atoms with Crippen molar-refractivity contribution in [3.8, 4) is 16.9 Å².